The summed E-state index contributed by atoms with van der Waals surface area (Å²) in [5.74, 6) is -0.861. The van der Waals surface area contributed by atoms with E-state index in [1.807, 2.05) is 6.07 Å². The molecule has 0 saturated carbocycles. The number of carbonyl (C=O) groups is 2. The molecule has 0 atom stereocenters. The Labute approximate surface area is 165 Å². The van der Waals surface area contributed by atoms with Crippen LogP contribution in [-0.2, 0) is 17.7 Å². The molecule has 0 fully saturated rings. The number of aromatic amines is 2. The predicted octanol–water partition coefficient (Wildman–Crippen LogP) is 3.77. The highest BCUT2D eigenvalue weighted by atomic mass is 19.1. The molecule has 5 rings (SSSR count). The lowest BCUT2D eigenvalue weighted by Crippen LogP contribution is -2.36. The standard InChI is InChI=1S/C22H18FN3O3/c1-29-22(28)12-2-4-18-15(9-12)16-11-26(7-6-19(16)25-18)21(27)20-10-13-8-14(23)3-5-17(13)24-20/h2-5,8-10,24-25H,6-7,11H2,1H3. The van der Waals surface area contributed by atoms with Crippen LogP contribution in [0.4, 0.5) is 4.39 Å². The van der Waals surface area contributed by atoms with Gasteiger partial charge in [0.2, 0.25) is 0 Å². The summed E-state index contributed by atoms with van der Waals surface area (Å²) in [5, 5.41) is 1.58. The van der Waals surface area contributed by atoms with Crippen molar-refractivity contribution < 1.29 is 18.7 Å². The molecule has 0 unspecified atom stereocenters. The third-order valence-corrected chi connectivity index (χ3v) is 5.50. The molecule has 2 aromatic heterocycles. The number of halogens is 1. The molecular weight excluding hydrogens is 373 g/mol. The predicted molar refractivity (Wildman–Crippen MR) is 106 cm³/mol. The highest BCUT2D eigenvalue weighted by molar-refractivity contribution is 5.99. The van der Waals surface area contributed by atoms with E-state index in [9.17, 15) is 14.0 Å². The Morgan fingerprint density at radius 1 is 1.07 bits per heavy atom. The summed E-state index contributed by atoms with van der Waals surface area (Å²) in [6.07, 6.45) is 0.693. The van der Waals surface area contributed by atoms with E-state index in [0.29, 0.717) is 36.2 Å². The van der Waals surface area contributed by atoms with Crippen LogP contribution in [0.25, 0.3) is 21.8 Å². The zero-order chi connectivity index (χ0) is 20.1. The second-order valence-corrected chi connectivity index (χ2v) is 7.23. The molecule has 7 heteroatoms. The minimum atomic E-state index is -0.393. The van der Waals surface area contributed by atoms with E-state index in [4.69, 9.17) is 4.74 Å². The van der Waals surface area contributed by atoms with Crippen LogP contribution in [0, 0.1) is 5.82 Å². The maximum atomic E-state index is 13.4. The van der Waals surface area contributed by atoms with Gasteiger partial charge in [0.25, 0.3) is 5.91 Å². The minimum Gasteiger partial charge on any atom is -0.465 e. The van der Waals surface area contributed by atoms with Gasteiger partial charge < -0.3 is 19.6 Å². The largest absolute Gasteiger partial charge is 0.465 e. The summed E-state index contributed by atoms with van der Waals surface area (Å²) in [4.78, 5) is 33.2. The number of amides is 1. The molecule has 6 nitrogen and oxygen atoms in total. The zero-order valence-corrected chi connectivity index (χ0v) is 15.7. The number of nitrogens with one attached hydrogen (secondary N) is 2. The third-order valence-electron chi connectivity index (χ3n) is 5.50. The molecule has 0 aliphatic carbocycles. The lowest BCUT2D eigenvalue weighted by atomic mass is 10.0. The van der Waals surface area contributed by atoms with E-state index in [0.717, 1.165) is 27.7 Å². The van der Waals surface area contributed by atoms with Crippen molar-refractivity contribution in [2.45, 2.75) is 13.0 Å². The number of ether oxygens (including phenoxy) is 1. The first-order valence-corrected chi connectivity index (χ1v) is 9.33. The van der Waals surface area contributed by atoms with Gasteiger partial charge in [-0.2, -0.15) is 0 Å². The number of fused-ring (bicyclic) bond motifs is 4. The topological polar surface area (TPSA) is 78.2 Å². The van der Waals surface area contributed by atoms with Crippen molar-refractivity contribution in [3.05, 3.63) is 70.8 Å². The maximum absolute atomic E-state index is 13.4. The average molecular weight is 391 g/mol. The lowest BCUT2D eigenvalue weighted by molar-refractivity contribution is 0.0600. The van der Waals surface area contributed by atoms with Gasteiger partial charge in [-0.25, -0.2) is 9.18 Å². The Bertz CT molecular complexity index is 1290. The van der Waals surface area contributed by atoms with E-state index in [1.54, 1.807) is 29.2 Å². The molecule has 0 radical (unpaired) electrons. The normalized spacial score (nSPS) is 13.7. The molecule has 4 aromatic rings. The Morgan fingerprint density at radius 2 is 1.90 bits per heavy atom. The third kappa shape index (κ3) is 2.86. The smallest absolute Gasteiger partial charge is 0.337 e. The first-order chi connectivity index (χ1) is 14.0. The van der Waals surface area contributed by atoms with Crippen LogP contribution in [0.1, 0.15) is 32.1 Å². The molecule has 1 amide bonds. The van der Waals surface area contributed by atoms with Crippen LogP contribution in [0.3, 0.4) is 0 Å². The van der Waals surface area contributed by atoms with Crippen molar-refractivity contribution in [2.75, 3.05) is 13.7 Å². The van der Waals surface area contributed by atoms with Gasteiger partial charge in [0.15, 0.2) is 0 Å². The number of hydrogen-bond donors (Lipinski definition) is 2. The van der Waals surface area contributed by atoms with Crippen LogP contribution in [0.2, 0.25) is 0 Å². The molecule has 3 heterocycles. The summed E-state index contributed by atoms with van der Waals surface area (Å²) in [6, 6.07) is 11.5. The van der Waals surface area contributed by atoms with E-state index in [2.05, 4.69) is 9.97 Å². The van der Waals surface area contributed by atoms with Crippen LogP contribution in [0.15, 0.2) is 42.5 Å². The van der Waals surface area contributed by atoms with Crippen molar-refractivity contribution in [3.63, 3.8) is 0 Å². The van der Waals surface area contributed by atoms with Gasteiger partial charge in [-0.15, -0.1) is 0 Å². The summed E-state index contributed by atoms with van der Waals surface area (Å²) in [6.45, 7) is 1.01. The number of H-pyrrole nitrogens is 2. The number of benzene rings is 2. The van der Waals surface area contributed by atoms with Gasteiger partial charge in [0, 0.05) is 52.6 Å². The van der Waals surface area contributed by atoms with Crippen molar-refractivity contribution >= 4 is 33.7 Å². The van der Waals surface area contributed by atoms with E-state index >= 15 is 0 Å². The first kappa shape index (κ1) is 17.5. The van der Waals surface area contributed by atoms with Gasteiger partial charge in [0.1, 0.15) is 11.5 Å². The van der Waals surface area contributed by atoms with E-state index in [-0.39, 0.29) is 11.7 Å². The molecule has 0 spiro atoms. The number of nitrogens with zero attached hydrogens (tertiary/aromatic N) is 1. The highest BCUT2D eigenvalue weighted by Crippen LogP contribution is 2.30. The quantitative estimate of drug-likeness (QED) is 0.511. The lowest BCUT2D eigenvalue weighted by Gasteiger charge is -2.27. The molecule has 0 bridgehead atoms. The van der Waals surface area contributed by atoms with Gasteiger partial charge in [-0.3, -0.25) is 4.79 Å². The maximum Gasteiger partial charge on any atom is 0.337 e. The molecular formula is C22H18FN3O3. The zero-order valence-electron chi connectivity index (χ0n) is 15.7. The summed E-state index contributed by atoms with van der Waals surface area (Å²) in [7, 11) is 1.35. The van der Waals surface area contributed by atoms with Crippen molar-refractivity contribution in [1.82, 2.24) is 14.9 Å². The summed E-state index contributed by atoms with van der Waals surface area (Å²) in [5.41, 5.74) is 4.64. The molecule has 2 N–H and O–H groups in total. The Morgan fingerprint density at radius 3 is 2.72 bits per heavy atom. The highest BCUT2D eigenvalue weighted by Gasteiger charge is 2.26. The second kappa shape index (κ2) is 6.48. The number of rotatable bonds is 2. The van der Waals surface area contributed by atoms with Gasteiger partial charge >= 0.3 is 5.97 Å². The Balaban J connectivity index is 1.48. The summed E-state index contributed by atoms with van der Waals surface area (Å²) < 4.78 is 18.3. The molecule has 1 aliphatic rings. The van der Waals surface area contributed by atoms with Crippen molar-refractivity contribution in [2.24, 2.45) is 0 Å². The molecule has 1 aliphatic heterocycles. The SMILES string of the molecule is COC(=O)c1ccc2[nH]c3c(c2c1)CN(C(=O)c1cc2cc(F)ccc2[nH]1)CC3. The molecule has 29 heavy (non-hydrogen) atoms. The minimum absolute atomic E-state index is 0.134. The van der Waals surface area contributed by atoms with Crippen LogP contribution < -0.4 is 0 Å². The van der Waals surface area contributed by atoms with Crippen LogP contribution in [-0.4, -0.2) is 40.4 Å². The Hall–Kier alpha value is -3.61. The molecule has 2 aromatic carbocycles. The van der Waals surface area contributed by atoms with Gasteiger partial charge in [0.05, 0.1) is 12.7 Å². The average Bonchev–Trinajstić information content (AvgIpc) is 3.32. The fourth-order valence-electron chi connectivity index (χ4n) is 4.02. The summed E-state index contributed by atoms with van der Waals surface area (Å²) >= 11 is 0. The number of methoxy groups -OCH3 is 1. The first-order valence-electron chi connectivity index (χ1n) is 9.33. The van der Waals surface area contributed by atoms with Crippen molar-refractivity contribution in [3.8, 4) is 0 Å². The van der Waals surface area contributed by atoms with Gasteiger partial charge in [-0.1, -0.05) is 0 Å². The fourth-order valence-corrected chi connectivity index (χ4v) is 4.02. The van der Waals surface area contributed by atoms with Gasteiger partial charge in [-0.05, 0) is 42.5 Å². The van der Waals surface area contributed by atoms with E-state index < -0.39 is 5.97 Å². The Kier molecular flexibility index (Phi) is 3.91. The number of carbonyl (C=O) groups excluding carboxylic acids is 2. The fraction of sp³-hybridized carbons (Fsp3) is 0.182. The number of aromatic nitrogens is 2. The second-order valence-electron chi connectivity index (χ2n) is 7.23. The van der Waals surface area contributed by atoms with E-state index in [1.165, 1.54) is 19.2 Å². The van der Waals surface area contributed by atoms with Crippen LogP contribution >= 0.6 is 0 Å². The van der Waals surface area contributed by atoms with Crippen molar-refractivity contribution in [1.29, 1.82) is 0 Å². The molecule has 0 saturated heterocycles. The number of hydrogen-bond acceptors (Lipinski definition) is 3. The monoisotopic (exact) mass is 391 g/mol. The van der Waals surface area contributed by atoms with Crippen LogP contribution in [0.5, 0.6) is 0 Å². The molecule has 146 valence electrons. The number of esters is 1.